The lowest BCUT2D eigenvalue weighted by Gasteiger charge is -2.05. The average molecular weight is 189 g/mol. The summed E-state index contributed by atoms with van der Waals surface area (Å²) in [5.41, 5.74) is 12.7. The molecule has 0 unspecified atom stereocenters. The van der Waals surface area contributed by atoms with E-state index in [0.717, 1.165) is 5.56 Å². The molecule has 0 radical (unpaired) electrons. The number of anilines is 1. The van der Waals surface area contributed by atoms with Crippen LogP contribution in [0, 0.1) is 0 Å². The van der Waals surface area contributed by atoms with Gasteiger partial charge in [-0.05, 0) is 17.7 Å². The fourth-order valence-electron chi connectivity index (χ4n) is 0.883. The third kappa shape index (κ3) is 2.29. The van der Waals surface area contributed by atoms with E-state index < -0.39 is 0 Å². The predicted octanol–water partition coefficient (Wildman–Crippen LogP) is 1.16. The minimum Gasteiger partial charge on any atom is -0.495 e. The lowest BCUT2D eigenvalue weighted by Crippen LogP contribution is -1.98. The number of rotatable bonds is 2. The van der Waals surface area contributed by atoms with Crippen molar-refractivity contribution in [3.63, 3.8) is 0 Å². The standard InChI is InChI=1S/C8H12N2O.ClH/c1-11-8-4-6(5-9)2-3-7(8)10;/h2-4H,5,9-10H2,1H3;1H. The summed E-state index contributed by atoms with van der Waals surface area (Å²) in [5.74, 6) is 0.688. The lowest BCUT2D eigenvalue weighted by molar-refractivity contribution is 0.416. The molecule has 0 amide bonds. The molecule has 1 rings (SSSR count). The second kappa shape index (κ2) is 4.85. The molecular weight excluding hydrogens is 176 g/mol. The molecule has 3 nitrogen and oxygen atoms in total. The van der Waals surface area contributed by atoms with Crippen molar-refractivity contribution in [2.24, 2.45) is 5.73 Å². The zero-order valence-corrected chi connectivity index (χ0v) is 7.73. The fraction of sp³-hybridized carbons (Fsp3) is 0.250. The summed E-state index contributed by atoms with van der Waals surface area (Å²) in [6.07, 6.45) is 0. The van der Waals surface area contributed by atoms with Crippen molar-refractivity contribution in [2.75, 3.05) is 12.8 Å². The van der Waals surface area contributed by atoms with Gasteiger partial charge in [0.1, 0.15) is 5.75 Å². The third-order valence-electron chi connectivity index (χ3n) is 1.53. The van der Waals surface area contributed by atoms with Crippen molar-refractivity contribution in [3.05, 3.63) is 23.8 Å². The maximum atomic E-state index is 5.59. The van der Waals surface area contributed by atoms with Crippen LogP contribution in [0.3, 0.4) is 0 Å². The van der Waals surface area contributed by atoms with Crippen molar-refractivity contribution in [1.82, 2.24) is 0 Å². The molecule has 0 spiro atoms. The van der Waals surface area contributed by atoms with Crippen LogP contribution in [0.5, 0.6) is 5.75 Å². The molecular formula is C8H13ClN2O. The number of hydrogen-bond acceptors (Lipinski definition) is 3. The van der Waals surface area contributed by atoms with E-state index in [1.807, 2.05) is 12.1 Å². The van der Waals surface area contributed by atoms with E-state index in [1.54, 1.807) is 13.2 Å². The summed E-state index contributed by atoms with van der Waals surface area (Å²) >= 11 is 0. The molecule has 0 aliphatic heterocycles. The summed E-state index contributed by atoms with van der Waals surface area (Å²) in [6, 6.07) is 5.52. The van der Waals surface area contributed by atoms with Crippen molar-refractivity contribution in [3.8, 4) is 5.75 Å². The highest BCUT2D eigenvalue weighted by Gasteiger charge is 1.98. The van der Waals surface area contributed by atoms with Gasteiger partial charge in [-0.1, -0.05) is 6.07 Å². The van der Waals surface area contributed by atoms with Gasteiger partial charge < -0.3 is 16.2 Å². The minimum atomic E-state index is 0. The smallest absolute Gasteiger partial charge is 0.142 e. The molecule has 4 heteroatoms. The first-order valence-corrected chi connectivity index (χ1v) is 3.40. The number of methoxy groups -OCH3 is 1. The Labute approximate surface area is 78.1 Å². The Kier molecular flexibility index (Phi) is 4.47. The highest BCUT2D eigenvalue weighted by molar-refractivity contribution is 5.85. The molecule has 0 aliphatic rings. The minimum absolute atomic E-state index is 0. The second-order valence-corrected chi connectivity index (χ2v) is 2.28. The summed E-state index contributed by atoms with van der Waals surface area (Å²) in [6.45, 7) is 0.511. The fourth-order valence-corrected chi connectivity index (χ4v) is 0.883. The van der Waals surface area contributed by atoms with Crippen LogP contribution in [-0.2, 0) is 6.54 Å². The largest absolute Gasteiger partial charge is 0.495 e. The van der Waals surface area contributed by atoms with Crippen LogP contribution in [0.25, 0.3) is 0 Å². The van der Waals surface area contributed by atoms with Crippen LogP contribution >= 0.6 is 12.4 Å². The topological polar surface area (TPSA) is 61.3 Å². The van der Waals surface area contributed by atoms with Gasteiger partial charge in [0.2, 0.25) is 0 Å². The van der Waals surface area contributed by atoms with Gasteiger partial charge in [-0.25, -0.2) is 0 Å². The van der Waals surface area contributed by atoms with Crippen molar-refractivity contribution in [1.29, 1.82) is 0 Å². The molecule has 1 aromatic carbocycles. The van der Waals surface area contributed by atoms with Crippen LogP contribution < -0.4 is 16.2 Å². The molecule has 0 aromatic heterocycles. The van der Waals surface area contributed by atoms with E-state index >= 15 is 0 Å². The molecule has 12 heavy (non-hydrogen) atoms. The third-order valence-corrected chi connectivity index (χ3v) is 1.53. The van der Waals surface area contributed by atoms with E-state index in [4.69, 9.17) is 16.2 Å². The summed E-state index contributed by atoms with van der Waals surface area (Å²) in [5, 5.41) is 0. The number of benzene rings is 1. The zero-order valence-electron chi connectivity index (χ0n) is 6.91. The normalized spacial score (nSPS) is 8.83. The Bertz CT molecular complexity index is 253. The Hall–Kier alpha value is -0.930. The SMILES string of the molecule is COc1cc(CN)ccc1N.Cl. The Morgan fingerprint density at radius 1 is 1.42 bits per heavy atom. The number of halogens is 1. The molecule has 0 saturated carbocycles. The van der Waals surface area contributed by atoms with Gasteiger partial charge in [-0.2, -0.15) is 0 Å². The molecule has 4 N–H and O–H groups in total. The average Bonchev–Trinajstić information content (AvgIpc) is 2.05. The van der Waals surface area contributed by atoms with Crippen LogP contribution in [0.1, 0.15) is 5.56 Å². The maximum Gasteiger partial charge on any atom is 0.142 e. The molecule has 0 fully saturated rings. The molecule has 0 bridgehead atoms. The molecule has 0 atom stereocenters. The monoisotopic (exact) mass is 188 g/mol. The summed E-state index contributed by atoms with van der Waals surface area (Å²) in [7, 11) is 1.59. The Morgan fingerprint density at radius 2 is 2.08 bits per heavy atom. The van der Waals surface area contributed by atoms with Crippen molar-refractivity contribution in [2.45, 2.75) is 6.54 Å². The first-order chi connectivity index (χ1) is 5.27. The van der Waals surface area contributed by atoms with E-state index in [0.29, 0.717) is 18.0 Å². The highest BCUT2D eigenvalue weighted by Crippen LogP contribution is 2.21. The van der Waals surface area contributed by atoms with E-state index in [2.05, 4.69) is 0 Å². The number of ether oxygens (including phenoxy) is 1. The van der Waals surface area contributed by atoms with E-state index in [-0.39, 0.29) is 12.4 Å². The highest BCUT2D eigenvalue weighted by atomic mass is 35.5. The second-order valence-electron chi connectivity index (χ2n) is 2.28. The van der Waals surface area contributed by atoms with Crippen molar-refractivity contribution < 1.29 is 4.74 Å². The lowest BCUT2D eigenvalue weighted by atomic mass is 10.2. The molecule has 0 saturated heterocycles. The van der Waals surface area contributed by atoms with Gasteiger partial charge in [0.15, 0.2) is 0 Å². The van der Waals surface area contributed by atoms with Crippen molar-refractivity contribution >= 4 is 18.1 Å². The number of nitrogen functional groups attached to an aromatic ring is 1. The first kappa shape index (κ1) is 11.1. The van der Waals surface area contributed by atoms with Crippen LogP contribution in [0.4, 0.5) is 5.69 Å². The predicted molar refractivity (Wildman–Crippen MR) is 52.5 cm³/mol. The van der Waals surface area contributed by atoms with Gasteiger partial charge in [-0.3, -0.25) is 0 Å². The van der Waals surface area contributed by atoms with Gasteiger partial charge in [0.25, 0.3) is 0 Å². The maximum absolute atomic E-state index is 5.59. The number of nitrogens with two attached hydrogens (primary N) is 2. The summed E-state index contributed by atoms with van der Waals surface area (Å²) < 4.78 is 5.01. The van der Waals surface area contributed by atoms with E-state index in [1.165, 1.54) is 0 Å². The quantitative estimate of drug-likeness (QED) is 0.685. The molecule has 1 aromatic rings. The van der Waals surface area contributed by atoms with Gasteiger partial charge in [-0.15, -0.1) is 12.4 Å². The van der Waals surface area contributed by atoms with Gasteiger partial charge in [0.05, 0.1) is 12.8 Å². The molecule has 0 aliphatic carbocycles. The number of hydrogen-bond donors (Lipinski definition) is 2. The first-order valence-electron chi connectivity index (χ1n) is 3.40. The van der Waals surface area contributed by atoms with Crippen LogP contribution in [-0.4, -0.2) is 7.11 Å². The Morgan fingerprint density at radius 3 is 2.58 bits per heavy atom. The van der Waals surface area contributed by atoms with E-state index in [9.17, 15) is 0 Å². The van der Waals surface area contributed by atoms with Gasteiger partial charge in [0, 0.05) is 6.54 Å². The zero-order chi connectivity index (χ0) is 8.27. The Balaban J connectivity index is 0.00000121. The molecule has 68 valence electrons. The molecule has 0 heterocycles. The van der Waals surface area contributed by atoms with Crippen LogP contribution in [0.2, 0.25) is 0 Å². The van der Waals surface area contributed by atoms with Gasteiger partial charge >= 0.3 is 0 Å². The van der Waals surface area contributed by atoms with Crippen LogP contribution in [0.15, 0.2) is 18.2 Å². The summed E-state index contributed by atoms with van der Waals surface area (Å²) in [4.78, 5) is 0.